The van der Waals surface area contributed by atoms with E-state index in [9.17, 15) is 24.3 Å². The number of hydrogen-bond acceptors (Lipinski definition) is 10. The number of esters is 1. The molecule has 1 fully saturated rings. The van der Waals surface area contributed by atoms with E-state index in [4.69, 9.17) is 9.47 Å². The molecular formula is C26H32N6O7. The predicted molar refractivity (Wildman–Crippen MR) is 141 cm³/mol. The molecule has 13 heteroatoms. The fraction of sp³-hybridized carbons (Fsp3) is 0.462. The molecule has 0 radical (unpaired) electrons. The van der Waals surface area contributed by atoms with Gasteiger partial charge >= 0.3 is 12.1 Å². The van der Waals surface area contributed by atoms with Gasteiger partial charge in [0.05, 0.1) is 18.2 Å². The maximum Gasteiger partial charge on any atom is 0.423 e. The van der Waals surface area contributed by atoms with Crippen LogP contribution in [0.1, 0.15) is 49.5 Å². The van der Waals surface area contributed by atoms with Crippen molar-refractivity contribution in [2.24, 2.45) is 16.0 Å². The van der Waals surface area contributed by atoms with E-state index in [0.717, 1.165) is 17.7 Å². The molecule has 0 spiro atoms. The number of aliphatic imine (C=N–C) groups is 1. The Hall–Kier alpha value is -4.26. The first-order chi connectivity index (χ1) is 18.6. The number of aliphatic hydroxyl groups is 1. The number of aliphatic hydroxyl groups excluding tert-OH is 1. The van der Waals surface area contributed by atoms with Crippen LogP contribution in [0.4, 0.5) is 10.5 Å². The van der Waals surface area contributed by atoms with Crippen molar-refractivity contribution in [3.05, 3.63) is 40.6 Å². The van der Waals surface area contributed by atoms with E-state index in [0.29, 0.717) is 34.6 Å². The van der Waals surface area contributed by atoms with Crippen LogP contribution in [0.25, 0.3) is 0 Å². The van der Waals surface area contributed by atoms with E-state index in [1.54, 1.807) is 37.1 Å². The lowest BCUT2D eigenvalue weighted by Crippen LogP contribution is -2.43. The number of amidine groups is 1. The van der Waals surface area contributed by atoms with Gasteiger partial charge < -0.3 is 25.2 Å². The zero-order valence-corrected chi connectivity index (χ0v) is 22.3. The molecule has 2 heterocycles. The van der Waals surface area contributed by atoms with Gasteiger partial charge in [-0.05, 0) is 63.8 Å². The fourth-order valence-electron chi connectivity index (χ4n) is 4.22. The van der Waals surface area contributed by atoms with Crippen molar-refractivity contribution in [1.82, 2.24) is 15.6 Å². The molecule has 1 aromatic carbocycles. The van der Waals surface area contributed by atoms with Crippen molar-refractivity contribution in [3.8, 4) is 0 Å². The van der Waals surface area contributed by atoms with Crippen LogP contribution in [-0.4, -0.2) is 78.2 Å². The van der Waals surface area contributed by atoms with Gasteiger partial charge in [0.1, 0.15) is 18.1 Å². The number of benzene rings is 1. The molecule has 4 rings (SSSR count). The van der Waals surface area contributed by atoms with Crippen molar-refractivity contribution in [2.45, 2.75) is 52.7 Å². The third-order valence-electron chi connectivity index (χ3n) is 6.50. The van der Waals surface area contributed by atoms with Crippen LogP contribution in [0.15, 0.2) is 39.6 Å². The minimum absolute atomic E-state index is 0.129. The van der Waals surface area contributed by atoms with E-state index in [1.807, 2.05) is 6.92 Å². The lowest BCUT2D eigenvalue weighted by Gasteiger charge is -2.30. The molecule has 3 aliphatic rings. The van der Waals surface area contributed by atoms with Crippen molar-refractivity contribution < 1.29 is 33.8 Å². The maximum absolute atomic E-state index is 13.5. The number of aryl methyl sites for hydroxylation is 1. The highest BCUT2D eigenvalue weighted by Gasteiger charge is 2.41. The second-order valence-corrected chi connectivity index (χ2v) is 9.50. The number of anilines is 1. The number of nitrogens with zero attached hydrogens (tertiary/aromatic N) is 4. The summed E-state index contributed by atoms with van der Waals surface area (Å²) >= 11 is 0. The number of ether oxygens (including phenoxy) is 2. The predicted octanol–water partition coefficient (Wildman–Crippen LogP) is 1.41. The average Bonchev–Trinajstić information content (AvgIpc) is 3.65. The first-order valence-corrected chi connectivity index (χ1v) is 12.7. The zero-order valence-electron chi connectivity index (χ0n) is 22.3. The van der Waals surface area contributed by atoms with E-state index in [-0.39, 0.29) is 30.2 Å². The number of rotatable bonds is 8. The number of fused-ring (bicyclic) bond motifs is 1. The molecule has 3 amide bonds. The normalized spacial score (nSPS) is 18.6. The van der Waals surface area contributed by atoms with Gasteiger partial charge in [0, 0.05) is 18.2 Å². The summed E-state index contributed by atoms with van der Waals surface area (Å²) in [5.41, 5.74) is 2.36. The summed E-state index contributed by atoms with van der Waals surface area (Å²) in [4.78, 5) is 56.3. The highest BCUT2D eigenvalue weighted by Crippen LogP contribution is 2.35. The lowest BCUT2D eigenvalue weighted by molar-refractivity contribution is -0.160. The minimum Gasteiger partial charge on any atom is -0.426 e. The third-order valence-corrected chi connectivity index (χ3v) is 6.50. The summed E-state index contributed by atoms with van der Waals surface area (Å²) in [6, 6.07) is 5.05. The molecule has 1 aliphatic carbocycles. The monoisotopic (exact) mass is 540 g/mol. The molecule has 208 valence electrons. The zero-order chi connectivity index (χ0) is 28.3. The molecule has 2 atom stereocenters. The van der Waals surface area contributed by atoms with Gasteiger partial charge in [0.25, 0.3) is 5.91 Å². The van der Waals surface area contributed by atoms with Gasteiger partial charge in [-0.15, -0.1) is 0 Å². The van der Waals surface area contributed by atoms with Gasteiger partial charge in [-0.25, -0.2) is 19.5 Å². The lowest BCUT2D eigenvalue weighted by atomic mass is 10.0. The van der Waals surface area contributed by atoms with E-state index in [2.05, 4.69) is 20.7 Å². The van der Waals surface area contributed by atoms with Crippen LogP contribution in [-0.2, 0) is 19.1 Å². The molecule has 2 aliphatic heterocycles. The number of hydrogen-bond donors (Lipinski definition) is 3. The first-order valence-electron chi connectivity index (χ1n) is 12.7. The Bertz CT molecular complexity index is 1270. The maximum atomic E-state index is 13.5. The summed E-state index contributed by atoms with van der Waals surface area (Å²) in [7, 11) is 0. The Morgan fingerprint density at radius 2 is 1.95 bits per heavy atom. The largest absolute Gasteiger partial charge is 0.426 e. The van der Waals surface area contributed by atoms with E-state index >= 15 is 0 Å². The Labute approximate surface area is 225 Å². The molecule has 39 heavy (non-hydrogen) atoms. The fourth-order valence-corrected chi connectivity index (χ4v) is 4.22. The smallest absolute Gasteiger partial charge is 0.423 e. The topological polar surface area (TPSA) is 162 Å². The Morgan fingerprint density at radius 3 is 2.62 bits per heavy atom. The van der Waals surface area contributed by atoms with Gasteiger partial charge in [-0.1, -0.05) is 6.07 Å². The molecule has 13 nitrogen and oxygen atoms in total. The summed E-state index contributed by atoms with van der Waals surface area (Å²) in [6.45, 7) is 6.53. The SMILES string of the molecule is CCNC(=O)C1CN2N=CN=C(N(C(=O)OCOC(=O)C(C)O)c3cc(C(=O)NC4CC4)ccc3C)C2=C1C. The number of carbonyl (C=O) groups is 4. The second-order valence-electron chi connectivity index (χ2n) is 9.50. The molecule has 0 saturated heterocycles. The third kappa shape index (κ3) is 6.08. The van der Waals surface area contributed by atoms with Gasteiger partial charge in [-0.3, -0.25) is 14.6 Å². The number of nitrogens with one attached hydrogen (secondary N) is 2. The average molecular weight is 541 g/mol. The number of hydrazone groups is 1. The Kier molecular flexibility index (Phi) is 8.29. The highest BCUT2D eigenvalue weighted by molar-refractivity contribution is 6.24. The Balaban J connectivity index is 1.73. The van der Waals surface area contributed by atoms with Crippen LogP contribution in [0.3, 0.4) is 0 Å². The van der Waals surface area contributed by atoms with Crippen molar-refractivity contribution in [2.75, 3.05) is 24.8 Å². The van der Waals surface area contributed by atoms with Crippen molar-refractivity contribution in [3.63, 3.8) is 0 Å². The summed E-state index contributed by atoms with van der Waals surface area (Å²) in [5.74, 6) is -1.82. The number of amides is 3. The number of carbonyl (C=O) groups excluding carboxylic acids is 4. The van der Waals surface area contributed by atoms with E-state index < -0.39 is 30.9 Å². The Morgan fingerprint density at radius 1 is 1.21 bits per heavy atom. The minimum atomic E-state index is -1.39. The molecule has 1 saturated carbocycles. The molecule has 1 aromatic rings. The van der Waals surface area contributed by atoms with Gasteiger partial charge in [0.15, 0.2) is 5.84 Å². The summed E-state index contributed by atoms with van der Waals surface area (Å²) in [6.07, 6.45) is 0.750. The van der Waals surface area contributed by atoms with Crippen LogP contribution >= 0.6 is 0 Å². The molecule has 3 N–H and O–H groups in total. The molecule has 2 unspecified atom stereocenters. The summed E-state index contributed by atoms with van der Waals surface area (Å²) in [5, 5.41) is 21.0. The van der Waals surface area contributed by atoms with Crippen molar-refractivity contribution in [1.29, 1.82) is 0 Å². The second kappa shape index (κ2) is 11.6. The molecule has 0 bridgehead atoms. The van der Waals surface area contributed by atoms with Gasteiger partial charge in [-0.2, -0.15) is 5.10 Å². The summed E-state index contributed by atoms with van der Waals surface area (Å²) < 4.78 is 10.1. The quantitative estimate of drug-likeness (QED) is 0.329. The standard InChI is InChI=1S/C26H32N6O7/c1-5-27-24(35)19-11-31-21(15(19)3)22(28-12-29-31)32(26(37)39-13-38-25(36)16(4)33)20-10-17(7-6-14(20)2)23(34)30-18-8-9-18/h6-7,10,12,16,18-19,33H,5,8-9,11,13H2,1-4H3,(H,27,35)(H,30,34). The highest BCUT2D eigenvalue weighted by atomic mass is 16.7. The first kappa shape index (κ1) is 27.8. The molecular weight excluding hydrogens is 508 g/mol. The van der Waals surface area contributed by atoms with Crippen LogP contribution < -0.4 is 15.5 Å². The van der Waals surface area contributed by atoms with E-state index in [1.165, 1.54) is 13.3 Å². The molecule has 0 aromatic heterocycles. The van der Waals surface area contributed by atoms with Crippen LogP contribution in [0, 0.1) is 12.8 Å². The van der Waals surface area contributed by atoms with Crippen LogP contribution in [0.5, 0.6) is 0 Å². The van der Waals surface area contributed by atoms with Gasteiger partial charge in [0.2, 0.25) is 12.7 Å². The van der Waals surface area contributed by atoms with Crippen LogP contribution in [0.2, 0.25) is 0 Å². The van der Waals surface area contributed by atoms with Crippen molar-refractivity contribution >= 4 is 41.7 Å².